The number of ether oxygens (including phenoxy) is 1. The molecule has 0 aliphatic rings. The molecule has 1 heterocycles. The molecule has 1 amide bonds. The van der Waals surface area contributed by atoms with E-state index in [-0.39, 0.29) is 23.9 Å². The second-order valence-electron chi connectivity index (χ2n) is 6.31. The first-order valence-electron chi connectivity index (χ1n) is 8.66. The Morgan fingerprint density at radius 1 is 1.19 bits per heavy atom. The van der Waals surface area contributed by atoms with E-state index in [9.17, 15) is 4.79 Å². The smallest absolute Gasteiger partial charge is 0.287 e. The van der Waals surface area contributed by atoms with Crippen molar-refractivity contribution in [2.24, 2.45) is 0 Å². The van der Waals surface area contributed by atoms with Crippen molar-refractivity contribution in [3.63, 3.8) is 0 Å². The van der Waals surface area contributed by atoms with E-state index >= 15 is 0 Å². The van der Waals surface area contributed by atoms with E-state index in [0.717, 1.165) is 11.3 Å². The maximum atomic E-state index is 12.4. The molecule has 0 unspecified atom stereocenters. The minimum atomic E-state index is -0.219. The third kappa shape index (κ3) is 5.04. The molecule has 0 aliphatic heterocycles. The molecule has 0 radical (unpaired) electrons. The summed E-state index contributed by atoms with van der Waals surface area (Å²) in [6.07, 6.45) is 0. The Balaban J connectivity index is 1.63. The number of nitrogens with one attached hydrogen (secondary N) is 1. The highest BCUT2D eigenvalue weighted by Gasteiger charge is 2.13. The van der Waals surface area contributed by atoms with Crippen LogP contribution in [-0.2, 0) is 17.9 Å². The van der Waals surface area contributed by atoms with E-state index in [4.69, 9.17) is 21.4 Å². The lowest BCUT2D eigenvalue weighted by atomic mass is 10.0. The van der Waals surface area contributed by atoms with Crippen LogP contribution in [0.5, 0.6) is 5.75 Å². The number of nitrogens with zero attached hydrogens (tertiary/aromatic N) is 2. The summed E-state index contributed by atoms with van der Waals surface area (Å²) in [6, 6.07) is 17.1. The second-order valence-corrected chi connectivity index (χ2v) is 6.66. The summed E-state index contributed by atoms with van der Waals surface area (Å²) in [7, 11) is 0. The van der Waals surface area contributed by atoms with Crippen LogP contribution in [-0.4, -0.2) is 15.7 Å². The van der Waals surface area contributed by atoms with E-state index < -0.39 is 0 Å². The molecular formula is C20H21N3O3S. The van der Waals surface area contributed by atoms with E-state index in [1.54, 1.807) is 0 Å². The molecule has 3 aromatic rings. The fraction of sp³-hybridized carbons (Fsp3) is 0.250. The zero-order chi connectivity index (χ0) is 19.2. The third-order valence-electron chi connectivity index (χ3n) is 3.90. The first kappa shape index (κ1) is 18.8. The Morgan fingerprint density at radius 3 is 2.63 bits per heavy atom. The lowest BCUT2D eigenvalue weighted by molar-refractivity contribution is -0.117. The molecule has 0 aliphatic carbocycles. The number of amides is 1. The number of benzene rings is 2. The summed E-state index contributed by atoms with van der Waals surface area (Å²) in [5, 5.41) is 7.14. The average Bonchev–Trinajstić information content (AvgIpc) is 3.00. The summed E-state index contributed by atoms with van der Waals surface area (Å²) in [5.74, 6) is 1.11. The van der Waals surface area contributed by atoms with Crippen molar-refractivity contribution in [1.82, 2.24) is 9.78 Å². The van der Waals surface area contributed by atoms with Gasteiger partial charge in [0.05, 0.1) is 0 Å². The Bertz CT molecular complexity index is 964. The minimum Gasteiger partial charge on any atom is -0.484 e. The largest absolute Gasteiger partial charge is 0.484 e. The van der Waals surface area contributed by atoms with Gasteiger partial charge in [0.15, 0.2) is 6.61 Å². The number of hydrogen-bond donors (Lipinski definition) is 1. The number of carbonyl (C=O) groups is 1. The van der Waals surface area contributed by atoms with Crippen LogP contribution >= 0.6 is 12.2 Å². The van der Waals surface area contributed by atoms with Crippen molar-refractivity contribution in [1.29, 1.82) is 0 Å². The van der Waals surface area contributed by atoms with E-state index in [0.29, 0.717) is 17.6 Å². The molecule has 3 rings (SSSR count). The van der Waals surface area contributed by atoms with Gasteiger partial charge in [-0.25, -0.2) is 4.68 Å². The van der Waals surface area contributed by atoms with Crippen molar-refractivity contribution in [3.8, 4) is 5.75 Å². The highest BCUT2D eigenvalue weighted by molar-refractivity contribution is 7.71. The molecule has 0 bridgehead atoms. The normalized spacial score (nSPS) is 10.8. The number of hydrogen-bond acceptors (Lipinski definition) is 5. The molecule has 2 aromatic carbocycles. The van der Waals surface area contributed by atoms with Gasteiger partial charge in [-0.1, -0.05) is 50.2 Å². The average molecular weight is 383 g/mol. The minimum absolute atomic E-state index is 0.0277. The summed E-state index contributed by atoms with van der Waals surface area (Å²) < 4.78 is 12.4. The van der Waals surface area contributed by atoms with Crippen LogP contribution in [0.2, 0.25) is 0 Å². The number of aromatic nitrogens is 2. The van der Waals surface area contributed by atoms with Crippen LogP contribution in [0.25, 0.3) is 0 Å². The van der Waals surface area contributed by atoms with Crippen molar-refractivity contribution in [3.05, 3.63) is 70.9 Å². The molecular weight excluding hydrogens is 362 g/mol. The zero-order valence-electron chi connectivity index (χ0n) is 15.2. The van der Waals surface area contributed by atoms with Crippen molar-refractivity contribution in [2.45, 2.75) is 32.9 Å². The topological polar surface area (TPSA) is 69.3 Å². The van der Waals surface area contributed by atoms with Gasteiger partial charge in [-0.05, 0) is 41.9 Å². The fourth-order valence-corrected chi connectivity index (χ4v) is 2.81. The van der Waals surface area contributed by atoms with Gasteiger partial charge < -0.3 is 14.5 Å². The SMILES string of the molecule is CC(C)c1ccccc1NC(=O)Cn1nc(COc2ccccc2)oc1=S. The molecule has 0 spiro atoms. The molecule has 0 atom stereocenters. The highest BCUT2D eigenvalue weighted by atomic mass is 32.1. The van der Waals surface area contributed by atoms with E-state index in [2.05, 4.69) is 24.3 Å². The number of anilines is 1. The zero-order valence-corrected chi connectivity index (χ0v) is 16.0. The number of para-hydroxylation sites is 2. The van der Waals surface area contributed by atoms with Crippen LogP contribution in [0.3, 0.4) is 0 Å². The second kappa shape index (κ2) is 8.64. The molecule has 27 heavy (non-hydrogen) atoms. The van der Waals surface area contributed by atoms with Crippen molar-refractivity contribution in [2.75, 3.05) is 5.32 Å². The molecule has 6 nitrogen and oxygen atoms in total. The molecule has 1 aromatic heterocycles. The van der Waals surface area contributed by atoms with Crippen LogP contribution in [0.1, 0.15) is 31.2 Å². The van der Waals surface area contributed by atoms with Crippen LogP contribution in [0, 0.1) is 4.84 Å². The lowest BCUT2D eigenvalue weighted by Gasteiger charge is -2.13. The van der Waals surface area contributed by atoms with Gasteiger partial charge in [0, 0.05) is 5.69 Å². The fourth-order valence-electron chi connectivity index (χ4n) is 2.61. The van der Waals surface area contributed by atoms with Gasteiger partial charge in [-0.3, -0.25) is 4.79 Å². The molecule has 0 saturated carbocycles. The Labute approximate surface area is 162 Å². The van der Waals surface area contributed by atoms with E-state index in [1.165, 1.54) is 4.68 Å². The summed E-state index contributed by atoms with van der Waals surface area (Å²) in [4.78, 5) is 12.5. The van der Waals surface area contributed by atoms with Gasteiger partial charge >= 0.3 is 0 Å². The molecule has 140 valence electrons. The van der Waals surface area contributed by atoms with Gasteiger partial charge in [0.1, 0.15) is 12.3 Å². The number of rotatable bonds is 7. The highest BCUT2D eigenvalue weighted by Crippen LogP contribution is 2.23. The quantitative estimate of drug-likeness (QED) is 0.606. The van der Waals surface area contributed by atoms with Crippen LogP contribution in [0.15, 0.2) is 59.0 Å². The third-order valence-corrected chi connectivity index (χ3v) is 4.20. The summed E-state index contributed by atoms with van der Waals surface area (Å²) in [6.45, 7) is 4.27. The maximum Gasteiger partial charge on any atom is 0.287 e. The van der Waals surface area contributed by atoms with Gasteiger partial charge in [0.25, 0.3) is 10.7 Å². The van der Waals surface area contributed by atoms with Crippen LogP contribution in [0.4, 0.5) is 5.69 Å². The lowest BCUT2D eigenvalue weighted by Crippen LogP contribution is -2.20. The first-order chi connectivity index (χ1) is 13.0. The first-order valence-corrected chi connectivity index (χ1v) is 9.07. The molecule has 7 heteroatoms. The van der Waals surface area contributed by atoms with E-state index in [1.807, 2.05) is 54.6 Å². The molecule has 0 fully saturated rings. The Kier molecular flexibility index (Phi) is 6.03. The van der Waals surface area contributed by atoms with Gasteiger partial charge in [-0.15, -0.1) is 5.10 Å². The number of carbonyl (C=O) groups excluding carboxylic acids is 1. The maximum absolute atomic E-state index is 12.4. The van der Waals surface area contributed by atoms with Crippen molar-refractivity contribution < 1.29 is 13.9 Å². The monoisotopic (exact) mass is 383 g/mol. The van der Waals surface area contributed by atoms with Gasteiger partial charge in [-0.2, -0.15) is 0 Å². The summed E-state index contributed by atoms with van der Waals surface area (Å²) in [5.41, 5.74) is 1.87. The predicted molar refractivity (Wildman–Crippen MR) is 105 cm³/mol. The summed E-state index contributed by atoms with van der Waals surface area (Å²) >= 11 is 5.15. The predicted octanol–water partition coefficient (Wildman–Crippen LogP) is 4.55. The molecule has 1 N–H and O–H groups in total. The van der Waals surface area contributed by atoms with Crippen molar-refractivity contribution >= 4 is 23.8 Å². The van der Waals surface area contributed by atoms with Gasteiger partial charge in [0.2, 0.25) is 5.91 Å². The standard InChI is InChI=1S/C20H21N3O3S/c1-14(2)16-10-6-7-11-17(16)21-18(24)12-23-20(27)26-19(22-23)13-25-15-8-4-3-5-9-15/h3-11,14H,12-13H2,1-2H3,(H,21,24). The Morgan fingerprint density at radius 2 is 1.89 bits per heavy atom. The Hall–Kier alpha value is -2.93. The molecule has 0 saturated heterocycles. The van der Waals surface area contributed by atoms with Crippen LogP contribution < -0.4 is 10.1 Å².